The van der Waals surface area contributed by atoms with Gasteiger partial charge in [0.1, 0.15) is 23.5 Å². The van der Waals surface area contributed by atoms with Crippen molar-refractivity contribution in [3.05, 3.63) is 93.9 Å². The first-order valence-corrected chi connectivity index (χ1v) is 12.7. The van der Waals surface area contributed by atoms with Crippen LogP contribution < -0.4 is 0 Å². The maximum Gasteiger partial charge on any atom is 0.234 e. The third-order valence-corrected chi connectivity index (χ3v) is 8.01. The van der Waals surface area contributed by atoms with Crippen LogP contribution in [0.1, 0.15) is 29.5 Å². The van der Waals surface area contributed by atoms with Crippen molar-refractivity contribution in [3.8, 4) is 5.88 Å². The Morgan fingerprint density at radius 3 is 2.64 bits per heavy atom. The lowest BCUT2D eigenvalue weighted by Crippen LogP contribution is -2.20. The molecule has 184 valence electrons. The van der Waals surface area contributed by atoms with Crippen LogP contribution in [0, 0.1) is 5.82 Å². The summed E-state index contributed by atoms with van der Waals surface area (Å²) in [5.74, 6) is -1.14. The summed E-state index contributed by atoms with van der Waals surface area (Å²) in [6, 6.07) is 11.4. The molecule has 1 unspecified atom stereocenters. The Balaban J connectivity index is 1.48. The van der Waals surface area contributed by atoms with Crippen molar-refractivity contribution in [2.75, 3.05) is 0 Å². The number of hydrazone groups is 1. The Kier molecular flexibility index (Phi) is 6.37. The molecule has 1 aliphatic heterocycles. The summed E-state index contributed by atoms with van der Waals surface area (Å²) >= 11 is 11.9. The standard InChI is InChI=1S/C23H16Cl2FN5O4S/c24-14-5-6-20(15(25)9-14)36(33,34)21-11-27-22(28-23(21)32)18-10-19(17-7-8-35-30-17)31(29-18)12-13-3-1-2-4-16(13)26/h1-9,11,19H,10,12H2,(H,27,28,32). The fourth-order valence-corrected chi connectivity index (χ4v) is 5.78. The molecule has 9 nitrogen and oxygen atoms in total. The van der Waals surface area contributed by atoms with Gasteiger partial charge in [-0.1, -0.05) is 46.6 Å². The quantitative estimate of drug-likeness (QED) is 0.365. The summed E-state index contributed by atoms with van der Waals surface area (Å²) in [7, 11) is -4.24. The maximum absolute atomic E-state index is 14.3. The van der Waals surface area contributed by atoms with Gasteiger partial charge in [-0.05, 0) is 24.3 Å². The SMILES string of the molecule is O=S(=O)(c1ccc(Cl)cc1Cl)c1cnc(C2=NN(Cc3ccccc3F)C(c3ccon3)C2)nc1O. The van der Waals surface area contributed by atoms with Crippen LogP contribution >= 0.6 is 23.2 Å². The number of rotatable bonds is 6. The number of nitrogens with zero attached hydrogens (tertiary/aromatic N) is 5. The summed E-state index contributed by atoms with van der Waals surface area (Å²) in [6.45, 7) is 0.126. The molecule has 4 aromatic rings. The fourth-order valence-electron chi connectivity index (χ4n) is 3.79. The molecule has 0 aliphatic carbocycles. The van der Waals surface area contributed by atoms with E-state index in [4.69, 9.17) is 27.7 Å². The molecular weight excluding hydrogens is 532 g/mol. The lowest BCUT2D eigenvalue weighted by molar-refractivity contribution is 0.211. The first kappa shape index (κ1) is 24.2. The molecule has 2 aromatic heterocycles. The second kappa shape index (κ2) is 9.49. The topological polar surface area (TPSA) is 122 Å². The number of sulfone groups is 1. The van der Waals surface area contributed by atoms with Gasteiger partial charge < -0.3 is 9.63 Å². The van der Waals surface area contributed by atoms with E-state index in [1.807, 2.05) is 0 Å². The fraction of sp³-hybridized carbons (Fsp3) is 0.130. The molecule has 5 rings (SSSR count). The first-order valence-electron chi connectivity index (χ1n) is 10.5. The third-order valence-electron chi connectivity index (χ3n) is 5.55. The predicted molar refractivity (Wildman–Crippen MR) is 128 cm³/mol. The van der Waals surface area contributed by atoms with E-state index in [1.165, 1.54) is 30.5 Å². The molecule has 0 bridgehead atoms. The van der Waals surface area contributed by atoms with Gasteiger partial charge in [0.05, 0.1) is 28.7 Å². The molecule has 1 aliphatic rings. The molecule has 1 N–H and O–H groups in total. The normalized spacial score (nSPS) is 15.8. The largest absolute Gasteiger partial charge is 0.492 e. The summed E-state index contributed by atoms with van der Waals surface area (Å²) in [5.41, 5.74) is 1.33. The molecule has 0 saturated carbocycles. The van der Waals surface area contributed by atoms with Crippen LogP contribution in [0.25, 0.3) is 0 Å². The van der Waals surface area contributed by atoms with E-state index in [-0.39, 0.29) is 39.5 Å². The summed E-state index contributed by atoms with van der Waals surface area (Å²) in [6.07, 6.45) is 2.67. The molecule has 13 heteroatoms. The number of hydrogen-bond acceptors (Lipinski definition) is 9. The van der Waals surface area contributed by atoms with Crippen molar-refractivity contribution < 1.29 is 22.4 Å². The molecule has 0 saturated heterocycles. The Hall–Kier alpha value is -3.54. The van der Waals surface area contributed by atoms with Crippen LogP contribution in [0.5, 0.6) is 5.88 Å². The van der Waals surface area contributed by atoms with E-state index in [0.29, 0.717) is 17.0 Å². The van der Waals surface area contributed by atoms with Gasteiger partial charge in [-0.25, -0.2) is 17.8 Å². The van der Waals surface area contributed by atoms with Gasteiger partial charge in [-0.3, -0.25) is 5.01 Å². The second-order valence-corrected chi connectivity index (χ2v) is 10.6. The Bertz CT molecular complexity index is 1580. The molecule has 0 radical (unpaired) electrons. The van der Waals surface area contributed by atoms with E-state index in [0.717, 1.165) is 6.20 Å². The van der Waals surface area contributed by atoms with Crippen LogP contribution in [0.4, 0.5) is 4.39 Å². The van der Waals surface area contributed by atoms with Crippen LogP contribution in [-0.2, 0) is 16.4 Å². The number of benzene rings is 2. The molecule has 3 heterocycles. The molecule has 0 amide bonds. The predicted octanol–water partition coefficient (Wildman–Crippen LogP) is 4.80. The van der Waals surface area contributed by atoms with Crippen molar-refractivity contribution in [1.82, 2.24) is 20.1 Å². The van der Waals surface area contributed by atoms with Crippen molar-refractivity contribution in [2.24, 2.45) is 5.10 Å². The van der Waals surface area contributed by atoms with Gasteiger partial charge in [0.2, 0.25) is 15.7 Å². The average molecular weight is 548 g/mol. The van der Waals surface area contributed by atoms with Crippen LogP contribution in [0.3, 0.4) is 0 Å². The van der Waals surface area contributed by atoms with Crippen molar-refractivity contribution in [1.29, 1.82) is 0 Å². The molecule has 0 fully saturated rings. The van der Waals surface area contributed by atoms with Crippen molar-refractivity contribution in [2.45, 2.75) is 28.8 Å². The van der Waals surface area contributed by atoms with E-state index in [2.05, 4.69) is 20.2 Å². The molecular formula is C23H16Cl2FN5O4S. The Morgan fingerprint density at radius 1 is 1.14 bits per heavy atom. The number of halogens is 3. The van der Waals surface area contributed by atoms with Crippen LogP contribution in [-0.4, -0.2) is 39.4 Å². The lowest BCUT2D eigenvalue weighted by atomic mass is 10.1. The summed E-state index contributed by atoms with van der Waals surface area (Å²) in [4.78, 5) is 7.36. The van der Waals surface area contributed by atoms with Crippen molar-refractivity contribution >= 4 is 38.8 Å². The minimum absolute atomic E-state index is 0.0122. The van der Waals surface area contributed by atoms with E-state index in [9.17, 15) is 17.9 Å². The first-order chi connectivity index (χ1) is 17.2. The van der Waals surface area contributed by atoms with Gasteiger partial charge in [-0.15, -0.1) is 0 Å². The van der Waals surface area contributed by atoms with Crippen molar-refractivity contribution in [3.63, 3.8) is 0 Å². The summed E-state index contributed by atoms with van der Waals surface area (Å²) in [5, 5.41) is 20.8. The highest BCUT2D eigenvalue weighted by atomic mass is 35.5. The lowest BCUT2D eigenvalue weighted by Gasteiger charge is -2.21. The van der Waals surface area contributed by atoms with Gasteiger partial charge in [0, 0.05) is 23.1 Å². The molecule has 1 atom stereocenters. The zero-order chi connectivity index (χ0) is 25.4. The number of aromatic nitrogens is 3. The van der Waals surface area contributed by atoms with E-state index >= 15 is 0 Å². The molecule has 36 heavy (non-hydrogen) atoms. The van der Waals surface area contributed by atoms with Gasteiger partial charge in [-0.2, -0.15) is 10.1 Å². The maximum atomic E-state index is 14.3. The van der Waals surface area contributed by atoms with Gasteiger partial charge >= 0.3 is 0 Å². The van der Waals surface area contributed by atoms with Gasteiger partial charge in [0.15, 0.2) is 10.7 Å². The summed E-state index contributed by atoms with van der Waals surface area (Å²) < 4.78 is 45.4. The number of hydrogen-bond donors (Lipinski definition) is 1. The highest BCUT2D eigenvalue weighted by molar-refractivity contribution is 7.91. The zero-order valence-electron chi connectivity index (χ0n) is 18.2. The minimum atomic E-state index is -4.24. The van der Waals surface area contributed by atoms with Crippen LogP contribution in [0.15, 0.2) is 80.4 Å². The van der Waals surface area contributed by atoms with E-state index < -0.39 is 26.7 Å². The molecule has 0 spiro atoms. The van der Waals surface area contributed by atoms with Gasteiger partial charge in [0.25, 0.3) is 0 Å². The Labute approximate surface area is 214 Å². The Morgan fingerprint density at radius 2 is 1.94 bits per heavy atom. The minimum Gasteiger partial charge on any atom is -0.492 e. The second-order valence-electron chi connectivity index (χ2n) is 7.84. The van der Waals surface area contributed by atoms with Crippen LogP contribution in [0.2, 0.25) is 10.0 Å². The monoisotopic (exact) mass is 547 g/mol. The number of aromatic hydroxyl groups is 1. The average Bonchev–Trinajstić information content (AvgIpc) is 3.50. The van der Waals surface area contributed by atoms with E-state index in [1.54, 1.807) is 29.3 Å². The molecule has 2 aromatic carbocycles. The zero-order valence-corrected chi connectivity index (χ0v) is 20.5. The third kappa shape index (κ3) is 4.52. The highest BCUT2D eigenvalue weighted by Crippen LogP contribution is 2.35. The highest BCUT2D eigenvalue weighted by Gasteiger charge is 2.33. The smallest absolute Gasteiger partial charge is 0.234 e.